The Morgan fingerprint density at radius 2 is 2.26 bits per heavy atom. The van der Waals surface area contributed by atoms with Gasteiger partial charge >= 0.3 is 0 Å². The molecule has 0 aliphatic carbocycles. The highest BCUT2D eigenvalue weighted by Gasteiger charge is 2.21. The van der Waals surface area contributed by atoms with Gasteiger partial charge in [-0.25, -0.2) is 4.98 Å². The summed E-state index contributed by atoms with van der Waals surface area (Å²) >= 11 is 1.53. The van der Waals surface area contributed by atoms with Crippen LogP contribution in [0.2, 0.25) is 0 Å². The number of amides is 1. The minimum Gasteiger partial charge on any atom is -0.485 e. The van der Waals surface area contributed by atoms with Gasteiger partial charge in [-0.2, -0.15) is 0 Å². The molecule has 23 heavy (non-hydrogen) atoms. The first-order valence-electron chi connectivity index (χ1n) is 7.94. The second kappa shape index (κ2) is 7.55. The van der Waals surface area contributed by atoms with E-state index in [0.717, 1.165) is 48.3 Å². The Balaban J connectivity index is 1.50. The molecule has 0 bridgehead atoms. The lowest BCUT2D eigenvalue weighted by Crippen LogP contribution is -2.38. The molecule has 0 aromatic carbocycles. The minimum atomic E-state index is 0.182. The van der Waals surface area contributed by atoms with Crippen LogP contribution in [0.15, 0.2) is 29.9 Å². The van der Waals surface area contributed by atoms with Crippen LogP contribution in [-0.4, -0.2) is 33.9 Å². The smallest absolute Gasteiger partial charge is 0.228 e. The van der Waals surface area contributed by atoms with Crippen molar-refractivity contribution in [2.24, 2.45) is 5.92 Å². The average Bonchev–Trinajstić information content (AvgIpc) is 3.02. The number of hydrogen-bond donors (Lipinski definition) is 0. The predicted octanol–water partition coefficient (Wildman–Crippen LogP) is 2.92. The predicted molar refractivity (Wildman–Crippen MR) is 89.4 cm³/mol. The molecule has 1 saturated heterocycles. The fraction of sp³-hybridized carbons (Fsp3) is 0.471. The number of hydrogen-bond acceptors (Lipinski definition) is 5. The highest BCUT2D eigenvalue weighted by atomic mass is 32.1. The zero-order chi connectivity index (χ0) is 16.1. The van der Waals surface area contributed by atoms with Crippen LogP contribution in [0.4, 0.5) is 0 Å². The first-order valence-corrected chi connectivity index (χ1v) is 8.82. The van der Waals surface area contributed by atoms with E-state index >= 15 is 0 Å². The second-order valence-electron chi connectivity index (χ2n) is 5.95. The third-order valence-electron chi connectivity index (χ3n) is 4.06. The molecule has 0 unspecified atom stereocenters. The molecule has 0 saturated carbocycles. The standard InChI is InChI=1S/C17H21N3O2S/c1-13-4-7-20(8-5-13)17(21)9-14-12-23-16(19-14)11-22-15-3-2-6-18-10-15/h2-3,6,10,12-13H,4-5,7-9,11H2,1H3. The van der Waals surface area contributed by atoms with E-state index in [9.17, 15) is 4.79 Å². The Labute approximate surface area is 140 Å². The summed E-state index contributed by atoms with van der Waals surface area (Å²) in [7, 11) is 0. The molecule has 3 rings (SSSR count). The summed E-state index contributed by atoms with van der Waals surface area (Å²) in [6, 6.07) is 3.70. The van der Waals surface area contributed by atoms with Gasteiger partial charge in [-0.3, -0.25) is 9.78 Å². The molecule has 122 valence electrons. The zero-order valence-corrected chi connectivity index (χ0v) is 14.1. The largest absolute Gasteiger partial charge is 0.485 e. The van der Waals surface area contributed by atoms with Gasteiger partial charge in [0.25, 0.3) is 0 Å². The van der Waals surface area contributed by atoms with Gasteiger partial charge in [-0.1, -0.05) is 6.92 Å². The third kappa shape index (κ3) is 4.51. The topological polar surface area (TPSA) is 55.3 Å². The summed E-state index contributed by atoms with van der Waals surface area (Å²) in [6.45, 7) is 4.41. The number of thiazole rings is 1. The number of likely N-dealkylation sites (tertiary alicyclic amines) is 1. The third-order valence-corrected chi connectivity index (χ3v) is 4.94. The van der Waals surface area contributed by atoms with Crippen LogP contribution in [0.1, 0.15) is 30.5 Å². The van der Waals surface area contributed by atoms with Crippen molar-refractivity contribution in [2.45, 2.75) is 32.8 Å². The van der Waals surface area contributed by atoms with Gasteiger partial charge in [0.05, 0.1) is 18.3 Å². The molecule has 1 aliphatic rings. The Hall–Kier alpha value is -1.95. The summed E-state index contributed by atoms with van der Waals surface area (Å²) in [6.07, 6.45) is 5.98. The van der Waals surface area contributed by atoms with Gasteiger partial charge in [0.15, 0.2) is 0 Å². The van der Waals surface area contributed by atoms with Gasteiger partial charge < -0.3 is 9.64 Å². The molecule has 0 spiro atoms. The van der Waals surface area contributed by atoms with E-state index in [1.165, 1.54) is 11.3 Å². The summed E-state index contributed by atoms with van der Waals surface area (Å²) in [5.74, 6) is 1.64. The zero-order valence-electron chi connectivity index (χ0n) is 13.3. The summed E-state index contributed by atoms with van der Waals surface area (Å²) < 4.78 is 5.63. The summed E-state index contributed by atoms with van der Waals surface area (Å²) in [4.78, 5) is 22.8. The molecule has 3 heterocycles. The number of aromatic nitrogens is 2. The average molecular weight is 331 g/mol. The van der Waals surface area contributed by atoms with E-state index in [-0.39, 0.29) is 5.91 Å². The molecule has 1 amide bonds. The monoisotopic (exact) mass is 331 g/mol. The second-order valence-corrected chi connectivity index (χ2v) is 6.89. The SMILES string of the molecule is CC1CCN(C(=O)Cc2csc(COc3cccnc3)n2)CC1. The summed E-state index contributed by atoms with van der Waals surface area (Å²) in [5, 5.41) is 2.83. The van der Waals surface area contributed by atoms with Crippen LogP contribution in [0, 0.1) is 5.92 Å². The van der Waals surface area contributed by atoms with Gasteiger partial charge in [0, 0.05) is 24.7 Å². The van der Waals surface area contributed by atoms with Crippen LogP contribution in [0.3, 0.4) is 0 Å². The maximum atomic E-state index is 12.3. The van der Waals surface area contributed by atoms with Crippen LogP contribution >= 0.6 is 11.3 Å². The Kier molecular flexibility index (Phi) is 5.23. The van der Waals surface area contributed by atoms with Crippen molar-refractivity contribution in [3.05, 3.63) is 40.6 Å². The molecule has 1 aliphatic heterocycles. The normalized spacial score (nSPS) is 15.6. The first-order chi connectivity index (χ1) is 11.2. The summed E-state index contributed by atoms with van der Waals surface area (Å²) in [5.41, 5.74) is 0.836. The van der Waals surface area contributed by atoms with E-state index in [0.29, 0.717) is 13.0 Å². The molecule has 2 aromatic heterocycles. The van der Waals surface area contributed by atoms with Gasteiger partial charge in [-0.15, -0.1) is 11.3 Å². The van der Waals surface area contributed by atoms with E-state index in [1.54, 1.807) is 12.4 Å². The van der Waals surface area contributed by atoms with Crippen LogP contribution in [0.25, 0.3) is 0 Å². The number of carbonyl (C=O) groups excluding carboxylic acids is 1. The molecular weight excluding hydrogens is 310 g/mol. The lowest BCUT2D eigenvalue weighted by Gasteiger charge is -2.30. The van der Waals surface area contributed by atoms with Gasteiger partial charge in [-0.05, 0) is 30.9 Å². The van der Waals surface area contributed by atoms with Gasteiger partial charge in [0.2, 0.25) is 5.91 Å². The van der Waals surface area contributed by atoms with Crippen molar-refractivity contribution in [2.75, 3.05) is 13.1 Å². The van der Waals surface area contributed by atoms with Crippen molar-refractivity contribution < 1.29 is 9.53 Å². The van der Waals surface area contributed by atoms with Crippen LogP contribution in [0.5, 0.6) is 5.75 Å². The highest BCUT2D eigenvalue weighted by Crippen LogP contribution is 2.18. The fourth-order valence-electron chi connectivity index (χ4n) is 2.60. The van der Waals surface area contributed by atoms with E-state index in [1.807, 2.05) is 22.4 Å². The molecule has 0 atom stereocenters. The number of ether oxygens (including phenoxy) is 1. The minimum absolute atomic E-state index is 0.182. The van der Waals surface area contributed by atoms with Crippen molar-refractivity contribution >= 4 is 17.2 Å². The molecule has 2 aromatic rings. The first kappa shape index (κ1) is 15.9. The van der Waals surface area contributed by atoms with E-state index < -0.39 is 0 Å². The lowest BCUT2D eigenvalue weighted by atomic mass is 9.99. The Morgan fingerprint density at radius 1 is 1.43 bits per heavy atom. The number of nitrogens with zero attached hydrogens (tertiary/aromatic N) is 3. The Bertz CT molecular complexity index is 636. The maximum Gasteiger partial charge on any atom is 0.228 e. The van der Waals surface area contributed by atoms with E-state index in [4.69, 9.17) is 4.74 Å². The quantitative estimate of drug-likeness (QED) is 0.845. The molecule has 5 nitrogen and oxygen atoms in total. The number of piperidine rings is 1. The lowest BCUT2D eigenvalue weighted by molar-refractivity contribution is -0.131. The van der Waals surface area contributed by atoms with Crippen molar-refractivity contribution in [1.29, 1.82) is 0 Å². The molecular formula is C17H21N3O2S. The molecule has 6 heteroatoms. The van der Waals surface area contributed by atoms with Crippen molar-refractivity contribution in [1.82, 2.24) is 14.9 Å². The fourth-order valence-corrected chi connectivity index (χ4v) is 3.30. The van der Waals surface area contributed by atoms with Crippen LogP contribution in [-0.2, 0) is 17.8 Å². The molecule has 0 N–H and O–H groups in total. The number of pyridine rings is 1. The maximum absolute atomic E-state index is 12.3. The number of carbonyl (C=O) groups is 1. The van der Waals surface area contributed by atoms with Crippen molar-refractivity contribution in [3.63, 3.8) is 0 Å². The number of rotatable bonds is 5. The molecule has 1 fully saturated rings. The van der Waals surface area contributed by atoms with Crippen LogP contribution < -0.4 is 4.74 Å². The Morgan fingerprint density at radius 3 is 3.00 bits per heavy atom. The highest BCUT2D eigenvalue weighted by molar-refractivity contribution is 7.09. The van der Waals surface area contributed by atoms with E-state index in [2.05, 4.69) is 16.9 Å². The van der Waals surface area contributed by atoms with Crippen molar-refractivity contribution in [3.8, 4) is 5.75 Å². The van der Waals surface area contributed by atoms with Gasteiger partial charge in [0.1, 0.15) is 17.4 Å². The molecule has 0 radical (unpaired) electrons.